The van der Waals surface area contributed by atoms with Crippen LogP contribution in [-0.4, -0.2) is 5.97 Å². The first kappa shape index (κ1) is 17.0. The molecule has 0 atom stereocenters. The van der Waals surface area contributed by atoms with Crippen molar-refractivity contribution in [1.82, 2.24) is 0 Å². The van der Waals surface area contributed by atoms with E-state index in [4.69, 9.17) is 4.74 Å². The van der Waals surface area contributed by atoms with Crippen LogP contribution < -0.4 is 0 Å². The van der Waals surface area contributed by atoms with Crippen LogP contribution in [-0.2, 0) is 22.6 Å². The molecule has 0 aliphatic rings. The number of benzene rings is 2. The fourth-order valence-corrected chi connectivity index (χ4v) is 2.32. The fraction of sp³-hybridized carbons (Fsp3) is 0.286. The zero-order valence-corrected chi connectivity index (χ0v) is 13.7. The summed E-state index contributed by atoms with van der Waals surface area (Å²) < 4.78 is 5.21. The molecule has 2 rings (SSSR count). The second kappa shape index (κ2) is 9.62. The molecule has 2 heteroatoms. The van der Waals surface area contributed by atoms with Gasteiger partial charge in [0.25, 0.3) is 0 Å². The van der Waals surface area contributed by atoms with Crippen molar-refractivity contribution in [1.29, 1.82) is 0 Å². The number of unbranched alkanes of at least 4 members (excludes halogenated alkanes) is 2. The van der Waals surface area contributed by atoms with Crippen molar-refractivity contribution in [2.45, 2.75) is 39.2 Å². The first-order valence-electron chi connectivity index (χ1n) is 8.25. The standard InChI is InChI=1S/C21H24O2/c1-2-3-5-8-18-11-13-19(14-12-18)15-16-21(22)23-17-20-9-6-4-7-10-20/h4,6-7,9-16H,2-3,5,8,17H2,1H3. The average Bonchev–Trinajstić information content (AvgIpc) is 2.60. The lowest BCUT2D eigenvalue weighted by Gasteiger charge is -2.02. The van der Waals surface area contributed by atoms with Gasteiger partial charge in [-0.15, -0.1) is 0 Å². The number of ether oxygens (including phenoxy) is 1. The summed E-state index contributed by atoms with van der Waals surface area (Å²) >= 11 is 0. The van der Waals surface area contributed by atoms with Gasteiger partial charge in [-0.1, -0.05) is 74.4 Å². The van der Waals surface area contributed by atoms with E-state index in [9.17, 15) is 4.79 Å². The molecule has 2 nitrogen and oxygen atoms in total. The molecule has 0 aromatic heterocycles. The molecule has 2 aromatic carbocycles. The molecular weight excluding hydrogens is 284 g/mol. The Kier molecular flexibility index (Phi) is 7.12. The smallest absolute Gasteiger partial charge is 0.331 e. The molecule has 0 aliphatic carbocycles. The second-order valence-corrected chi connectivity index (χ2v) is 5.63. The molecule has 0 saturated heterocycles. The van der Waals surface area contributed by atoms with Crippen LogP contribution in [0, 0.1) is 0 Å². The van der Waals surface area contributed by atoms with E-state index in [0.717, 1.165) is 17.5 Å². The van der Waals surface area contributed by atoms with Gasteiger partial charge in [0.1, 0.15) is 6.61 Å². The Labute approximate surface area is 138 Å². The van der Waals surface area contributed by atoms with E-state index in [1.54, 1.807) is 6.08 Å². The van der Waals surface area contributed by atoms with Crippen LogP contribution in [0.2, 0.25) is 0 Å². The minimum absolute atomic E-state index is 0.306. The molecular formula is C21H24O2. The highest BCUT2D eigenvalue weighted by Crippen LogP contribution is 2.10. The third-order valence-corrected chi connectivity index (χ3v) is 3.68. The van der Waals surface area contributed by atoms with Crippen molar-refractivity contribution in [2.24, 2.45) is 0 Å². The monoisotopic (exact) mass is 308 g/mol. The van der Waals surface area contributed by atoms with E-state index in [1.165, 1.54) is 30.9 Å². The number of carbonyl (C=O) groups is 1. The highest BCUT2D eigenvalue weighted by Gasteiger charge is 1.99. The van der Waals surface area contributed by atoms with E-state index in [2.05, 4.69) is 19.1 Å². The summed E-state index contributed by atoms with van der Waals surface area (Å²) in [6.07, 6.45) is 8.15. The summed E-state index contributed by atoms with van der Waals surface area (Å²) in [6, 6.07) is 18.0. The molecule has 120 valence electrons. The van der Waals surface area contributed by atoms with Gasteiger partial charge in [0, 0.05) is 6.08 Å². The first-order chi connectivity index (χ1) is 11.3. The minimum atomic E-state index is -0.319. The van der Waals surface area contributed by atoms with Gasteiger partial charge in [-0.05, 0) is 35.6 Å². The normalized spacial score (nSPS) is 10.8. The predicted octanol–water partition coefficient (Wildman–Crippen LogP) is 5.18. The summed E-state index contributed by atoms with van der Waals surface area (Å²) in [5.74, 6) is -0.319. The van der Waals surface area contributed by atoms with E-state index in [1.807, 2.05) is 42.5 Å². The maximum atomic E-state index is 11.7. The molecule has 0 radical (unpaired) electrons. The second-order valence-electron chi connectivity index (χ2n) is 5.63. The van der Waals surface area contributed by atoms with Crippen LogP contribution in [0.4, 0.5) is 0 Å². The number of carbonyl (C=O) groups excluding carboxylic acids is 1. The lowest BCUT2D eigenvalue weighted by Crippen LogP contribution is -2.00. The van der Waals surface area contributed by atoms with E-state index < -0.39 is 0 Å². The minimum Gasteiger partial charge on any atom is -0.458 e. The Morgan fingerprint density at radius 3 is 2.39 bits per heavy atom. The van der Waals surface area contributed by atoms with Crippen LogP contribution in [0.3, 0.4) is 0 Å². The summed E-state index contributed by atoms with van der Waals surface area (Å²) in [7, 11) is 0. The third kappa shape index (κ3) is 6.52. The van der Waals surface area contributed by atoms with Crippen molar-refractivity contribution in [2.75, 3.05) is 0 Å². The number of hydrogen-bond donors (Lipinski definition) is 0. The topological polar surface area (TPSA) is 26.3 Å². The molecule has 0 heterocycles. The van der Waals surface area contributed by atoms with Gasteiger partial charge < -0.3 is 4.74 Å². The molecule has 0 fully saturated rings. The SMILES string of the molecule is CCCCCc1ccc(C=CC(=O)OCc2ccccc2)cc1. The molecule has 23 heavy (non-hydrogen) atoms. The van der Waals surface area contributed by atoms with Crippen molar-refractivity contribution in [3.05, 3.63) is 77.4 Å². The third-order valence-electron chi connectivity index (χ3n) is 3.68. The predicted molar refractivity (Wildman–Crippen MR) is 94.9 cm³/mol. The van der Waals surface area contributed by atoms with Crippen molar-refractivity contribution in [3.63, 3.8) is 0 Å². The van der Waals surface area contributed by atoms with E-state index >= 15 is 0 Å². The molecule has 0 N–H and O–H groups in total. The Morgan fingerprint density at radius 2 is 1.70 bits per heavy atom. The highest BCUT2D eigenvalue weighted by atomic mass is 16.5. The summed E-state index contributed by atoms with van der Waals surface area (Å²) in [4.78, 5) is 11.7. The Hall–Kier alpha value is -2.35. The van der Waals surface area contributed by atoms with Gasteiger partial charge in [-0.3, -0.25) is 0 Å². The zero-order valence-electron chi connectivity index (χ0n) is 13.7. The molecule has 0 unspecified atom stereocenters. The van der Waals surface area contributed by atoms with Crippen LogP contribution in [0.5, 0.6) is 0 Å². The van der Waals surface area contributed by atoms with E-state index in [-0.39, 0.29) is 5.97 Å². The molecule has 0 amide bonds. The van der Waals surface area contributed by atoms with Gasteiger partial charge in [0.15, 0.2) is 0 Å². The summed E-state index contributed by atoms with van der Waals surface area (Å²) in [5, 5.41) is 0. The summed E-state index contributed by atoms with van der Waals surface area (Å²) in [6.45, 7) is 2.52. The largest absolute Gasteiger partial charge is 0.458 e. The highest BCUT2D eigenvalue weighted by molar-refractivity contribution is 5.87. The Bertz CT molecular complexity index is 612. The molecule has 2 aromatic rings. The number of esters is 1. The fourth-order valence-electron chi connectivity index (χ4n) is 2.32. The van der Waals surface area contributed by atoms with Crippen molar-refractivity contribution < 1.29 is 9.53 Å². The van der Waals surface area contributed by atoms with Gasteiger partial charge >= 0.3 is 5.97 Å². The Morgan fingerprint density at radius 1 is 0.957 bits per heavy atom. The van der Waals surface area contributed by atoms with Crippen molar-refractivity contribution in [3.8, 4) is 0 Å². The molecule has 0 aliphatic heterocycles. The van der Waals surface area contributed by atoms with Crippen LogP contribution in [0.25, 0.3) is 6.08 Å². The van der Waals surface area contributed by atoms with Crippen LogP contribution in [0.1, 0.15) is 42.9 Å². The van der Waals surface area contributed by atoms with Gasteiger partial charge in [0.05, 0.1) is 0 Å². The molecule has 0 spiro atoms. The lowest BCUT2D eigenvalue weighted by atomic mass is 10.1. The molecule has 0 saturated carbocycles. The molecule has 0 bridgehead atoms. The zero-order chi connectivity index (χ0) is 16.3. The number of aryl methyl sites for hydroxylation is 1. The summed E-state index contributed by atoms with van der Waals surface area (Å²) in [5.41, 5.74) is 3.36. The average molecular weight is 308 g/mol. The van der Waals surface area contributed by atoms with Crippen LogP contribution >= 0.6 is 0 Å². The number of rotatable bonds is 8. The first-order valence-corrected chi connectivity index (χ1v) is 8.25. The van der Waals surface area contributed by atoms with E-state index in [0.29, 0.717) is 6.61 Å². The number of hydrogen-bond acceptors (Lipinski definition) is 2. The van der Waals surface area contributed by atoms with Crippen molar-refractivity contribution >= 4 is 12.0 Å². The van der Waals surface area contributed by atoms with Gasteiger partial charge in [0.2, 0.25) is 0 Å². The van der Waals surface area contributed by atoms with Gasteiger partial charge in [-0.25, -0.2) is 4.79 Å². The maximum absolute atomic E-state index is 11.7. The Balaban J connectivity index is 1.78. The van der Waals surface area contributed by atoms with Crippen LogP contribution in [0.15, 0.2) is 60.7 Å². The van der Waals surface area contributed by atoms with Gasteiger partial charge in [-0.2, -0.15) is 0 Å². The maximum Gasteiger partial charge on any atom is 0.331 e. The quantitative estimate of drug-likeness (QED) is 0.382. The lowest BCUT2D eigenvalue weighted by molar-refractivity contribution is -0.138.